The molecule has 0 bridgehead atoms. The number of aliphatic carboxylic acids is 1. The fourth-order valence-corrected chi connectivity index (χ4v) is 1.70. The van der Waals surface area contributed by atoms with Gasteiger partial charge < -0.3 is 9.84 Å². The summed E-state index contributed by atoms with van der Waals surface area (Å²) in [6.45, 7) is 5.70. The van der Waals surface area contributed by atoms with Gasteiger partial charge in [-0.25, -0.2) is 4.79 Å². The van der Waals surface area contributed by atoms with E-state index in [2.05, 4.69) is 29.8 Å². The molecule has 1 N–H and O–H groups in total. The molecule has 1 rings (SSSR count). The molecule has 1 aromatic carbocycles. The normalized spacial score (nSPS) is 12.6. The van der Waals surface area contributed by atoms with Gasteiger partial charge in [-0.1, -0.05) is 19.9 Å². The predicted molar refractivity (Wildman–Crippen MR) is 66.0 cm³/mol. The summed E-state index contributed by atoms with van der Waals surface area (Å²) in [7, 11) is 0. The van der Waals surface area contributed by atoms with Crippen molar-refractivity contribution in [2.24, 2.45) is 0 Å². The first-order valence-corrected chi connectivity index (χ1v) is 5.90. The van der Waals surface area contributed by atoms with Crippen molar-refractivity contribution in [3.8, 4) is 5.75 Å². The Morgan fingerprint density at radius 1 is 1.38 bits per heavy atom. The Morgan fingerprint density at radius 2 is 2.00 bits per heavy atom. The van der Waals surface area contributed by atoms with Gasteiger partial charge in [0, 0.05) is 0 Å². The molecule has 0 fully saturated rings. The maximum atomic E-state index is 10.6. The zero-order valence-corrected chi connectivity index (χ0v) is 11.1. The van der Waals surface area contributed by atoms with Gasteiger partial charge in [-0.05, 0) is 46.5 Å². The third kappa shape index (κ3) is 3.23. The molecule has 88 valence electrons. The summed E-state index contributed by atoms with van der Waals surface area (Å²) in [5, 5.41) is 8.74. The minimum absolute atomic E-state index is 0.433. The number of carbonyl (C=O) groups is 1. The van der Waals surface area contributed by atoms with Crippen LogP contribution in [0.2, 0.25) is 0 Å². The molecule has 4 heteroatoms. The lowest BCUT2D eigenvalue weighted by Crippen LogP contribution is -2.23. The van der Waals surface area contributed by atoms with E-state index in [-0.39, 0.29) is 0 Å². The van der Waals surface area contributed by atoms with E-state index in [1.165, 1.54) is 12.5 Å². The summed E-state index contributed by atoms with van der Waals surface area (Å²) < 4.78 is 6.08. The van der Waals surface area contributed by atoms with Crippen LogP contribution in [-0.2, 0) is 4.79 Å². The molecular weight excluding hydrogens is 272 g/mol. The maximum absolute atomic E-state index is 10.6. The van der Waals surface area contributed by atoms with Crippen LogP contribution in [0.1, 0.15) is 32.3 Å². The van der Waals surface area contributed by atoms with Gasteiger partial charge >= 0.3 is 5.97 Å². The first-order valence-electron chi connectivity index (χ1n) is 5.10. The van der Waals surface area contributed by atoms with Crippen molar-refractivity contribution in [1.82, 2.24) is 0 Å². The molecule has 0 saturated heterocycles. The zero-order valence-electron chi connectivity index (χ0n) is 9.53. The second-order valence-corrected chi connectivity index (χ2v) is 4.80. The molecule has 0 saturated carbocycles. The number of hydrogen-bond donors (Lipinski definition) is 1. The van der Waals surface area contributed by atoms with E-state index in [0.29, 0.717) is 11.7 Å². The van der Waals surface area contributed by atoms with Gasteiger partial charge in [0.1, 0.15) is 5.75 Å². The largest absolute Gasteiger partial charge is 0.479 e. The molecule has 0 spiro atoms. The highest BCUT2D eigenvalue weighted by Gasteiger charge is 2.14. The zero-order chi connectivity index (χ0) is 12.3. The second-order valence-electron chi connectivity index (χ2n) is 3.94. The number of rotatable bonds is 4. The Kier molecular flexibility index (Phi) is 4.35. The van der Waals surface area contributed by atoms with Crippen LogP contribution >= 0.6 is 15.9 Å². The third-order valence-electron chi connectivity index (χ3n) is 2.27. The Hall–Kier alpha value is -1.03. The quantitative estimate of drug-likeness (QED) is 0.923. The van der Waals surface area contributed by atoms with Crippen molar-refractivity contribution < 1.29 is 14.6 Å². The number of benzene rings is 1. The molecule has 1 atom stereocenters. The fourth-order valence-electron chi connectivity index (χ4n) is 1.21. The highest BCUT2D eigenvalue weighted by atomic mass is 79.9. The third-order valence-corrected chi connectivity index (χ3v) is 2.89. The van der Waals surface area contributed by atoms with E-state index in [1.807, 2.05) is 12.1 Å². The Balaban J connectivity index is 2.87. The van der Waals surface area contributed by atoms with Gasteiger partial charge in [0.15, 0.2) is 6.10 Å². The maximum Gasteiger partial charge on any atom is 0.344 e. The summed E-state index contributed by atoms with van der Waals surface area (Å²) in [6.07, 6.45) is -0.846. The molecule has 1 unspecified atom stereocenters. The van der Waals surface area contributed by atoms with Crippen molar-refractivity contribution in [3.63, 3.8) is 0 Å². The van der Waals surface area contributed by atoms with Gasteiger partial charge in [0.25, 0.3) is 0 Å². The Labute approximate surface area is 104 Å². The Morgan fingerprint density at radius 3 is 2.44 bits per heavy atom. The molecule has 0 amide bonds. The fraction of sp³-hybridized carbons (Fsp3) is 0.417. The molecule has 0 aliphatic rings. The van der Waals surface area contributed by atoms with E-state index in [9.17, 15) is 4.79 Å². The van der Waals surface area contributed by atoms with Gasteiger partial charge in [-0.3, -0.25) is 0 Å². The molecule has 0 aromatic heterocycles. The lowest BCUT2D eigenvalue weighted by molar-refractivity contribution is -0.144. The van der Waals surface area contributed by atoms with Crippen LogP contribution in [-0.4, -0.2) is 17.2 Å². The first-order chi connectivity index (χ1) is 7.41. The lowest BCUT2D eigenvalue weighted by atomic mass is 10.0. The molecule has 0 radical (unpaired) electrons. The van der Waals surface area contributed by atoms with E-state index < -0.39 is 12.1 Å². The van der Waals surface area contributed by atoms with Gasteiger partial charge in [0.05, 0.1) is 4.47 Å². The van der Waals surface area contributed by atoms with E-state index >= 15 is 0 Å². The predicted octanol–water partition coefficient (Wildman–Crippen LogP) is 3.42. The van der Waals surface area contributed by atoms with E-state index in [4.69, 9.17) is 9.84 Å². The molecule has 16 heavy (non-hydrogen) atoms. The van der Waals surface area contributed by atoms with Crippen LogP contribution in [0.25, 0.3) is 0 Å². The van der Waals surface area contributed by atoms with Crippen LogP contribution in [0.3, 0.4) is 0 Å². The SMILES string of the molecule is CC(Oc1ccc(C(C)C)cc1Br)C(=O)O. The van der Waals surface area contributed by atoms with Gasteiger partial charge in [-0.15, -0.1) is 0 Å². The average Bonchev–Trinajstić information content (AvgIpc) is 2.20. The lowest BCUT2D eigenvalue weighted by Gasteiger charge is -2.13. The van der Waals surface area contributed by atoms with Crippen LogP contribution in [0.15, 0.2) is 22.7 Å². The van der Waals surface area contributed by atoms with E-state index in [0.717, 1.165) is 4.47 Å². The topological polar surface area (TPSA) is 46.5 Å². The molecule has 0 aliphatic heterocycles. The smallest absolute Gasteiger partial charge is 0.344 e. The average molecular weight is 287 g/mol. The van der Waals surface area contributed by atoms with Crippen LogP contribution < -0.4 is 4.74 Å². The van der Waals surface area contributed by atoms with Crippen molar-refractivity contribution >= 4 is 21.9 Å². The Bertz CT molecular complexity index is 388. The van der Waals surface area contributed by atoms with Crippen molar-refractivity contribution in [2.45, 2.75) is 32.8 Å². The number of ether oxygens (including phenoxy) is 1. The minimum Gasteiger partial charge on any atom is -0.479 e. The standard InChI is InChI=1S/C12H15BrO3/c1-7(2)9-4-5-11(10(13)6-9)16-8(3)12(14)15/h4-8H,1-3H3,(H,14,15). The second kappa shape index (κ2) is 5.34. The van der Waals surface area contributed by atoms with Crippen LogP contribution in [0.5, 0.6) is 5.75 Å². The summed E-state index contributed by atoms with van der Waals surface area (Å²) in [5.74, 6) is 0.0152. The summed E-state index contributed by atoms with van der Waals surface area (Å²) >= 11 is 3.38. The minimum atomic E-state index is -0.972. The highest BCUT2D eigenvalue weighted by molar-refractivity contribution is 9.10. The summed E-state index contributed by atoms with van der Waals surface area (Å²) in [5.41, 5.74) is 1.18. The molecular formula is C12H15BrO3. The van der Waals surface area contributed by atoms with Crippen LogP contribution in [0.4, 0.5) is 0 Å². The summed E-state index contributed by atoms with van der Waals surface area (Å²) in [6, 6.07) is 5.69. The van der Waals surface area contributed by atoms with Crippen molar-refractivity contribution in [1.29, 1.82) is 0 Å². The van der Waals surface area contributed by atoms with E-state index in [1.54, 1.807) is 6.07 Å². The molecule has 0 aliphatic carbocycles. The molecule has 3 nitrogen and oxygen atoms in total. The highest BCUT2D eigenvalue weighted by Crippen LogP contribution is 2.29. The number of carboxylic acid groups (broad SMARTS) is 1. The number of halogens is 1. The summed E-state index contributed by atoms with van der Waals surface area (Å²) in [4.78, 5) is 10.6. The number of hydrogen-bond acceptors (Lipinski definition) is 2. The van der Waals surface area contributed by atoms with Crippen molar-refractivity contribution in [3.05, 3.63) is 28.2 Å². The number of carboxylic acids is 1. The first kappa shape index (κ1) is 13.0. The van der Waals surface area contributed by atoms with Gasteiger partial charge in [0.2, 0.25) is 0 Å². The van der Waals surface area contributed by atoms with Gasteiger partial charge in [-0.2, -0.15) is 0 Å². The molecule has 1 aromatic rings. The monoisotopic (exact) mass is 286 g/mol. The van der Waals surface area contributed by atoms with Crippen LogP contribution in [0, 0.1) is 0 Å². The van der Waals surface area contributed by atoms with Crippen molar-refractivity contribution in [2.75, 3.05) is 0 Å². The molecule has 0 heterocycles.